The maximum atomic E-state index is 12.2. The molecule has 29 heavy (non-hydrogen) atoms. The number of H-pyrrole nitrogens is 1. The molecule has 4 rings (SSSR count). The fraction of sp³-hybridized carbons (Fsp3) is 0.273. The van der Waals surface area contributed by atoms with Crippen molar-refractivity contribution in [1.29, 1.82) is 0 Å². The summed E-state index contributed by atoms with van der Waals surface area (Å²) in [4.78, 5) is 28.8. The van der Waals surface area contributed by atoms with Gasteiger partial charge in [-0.3, -0.25) is 9.59 Å². The zero-order valence-corrected chi connectivity index (χ0v) is 16.8. The maximum absolute atomic E-state index is 12.2. The number of fused-ring (bicyclic) bond motifs is 1. The summed E-state index contributed by atoms with van der Waals surface area (Å²) in [5.41, 5.74) is 1.46. The van der Waals surface area contributed by atoms with E-state index in [0.717, 1.165) is 52.4 Å². The van der Waals surface area contributed by atoms with E-state index in [9.17, 15) is 9.59 Å². The van der Waals surface area contributed by atoms with E-state index in [1.54, 1.807) is 6.07 Å². The molecular weight excluding hydrogens is 386 g/mol. The molecule has 0 unspecified atom stereocenters. The molecule has 2 aromatic carbocycles. The molecule has 1 aromatic heterocycles. The third-order valence-corrected chi connectivity index (χ3v) is 5.92. The van der Waals surface area contributed by atoms with Crippen molar-refractivity contribution in [2.45, 2.75) is 28.7 Å². The van der Waals surface area contributed by atoms with Crippen LogP contribution in [0.3, 0.4) is 0 Å². The third kappa shape index (κ3) is 5.26. The van der Waals surface area contributed by atoms with Crippen LogP contribution in [0.5, 0.6) is 0 Å². The first-order chi connectivity index (χ1) is 14.2. The highest BCUT2D eigenvalue weighted by Gasteiger charge is 2.14. The van der Waals surface area contributed by atoms with Crippen LogP contribution in [0.4, 0.5) is 5.69 Å². The molecule has 0 atom stereocenters. The molecule has 0 aliphatic carbocycles. The number of aromatic nitrogens is 1. The average Bonchev–Trinajstić information content (AvgIpc) is 2.74. The number of rotatable bonds is 6. The number of nitrogens with one attached hydrogen (secondary N) is 3. The molecule has 3 aromatic rings. The van der Waals surface area contributed by atoms with Crippen LogP contribution in [0.2, 0.25) is 0 Å². The van der Waals surface area contributed by atoms with Gasteiger partial charge in [-0.25, -0.2) is 0 Å². The second kappa shape index (κ2) is 9.26. The Balaban J connectivity index is 1.37. The van der Waals surface area contributed by atoms with Crippen molar-refractivity contribution in [3.05, 3.63) is 65.0 Å². The molecular formula is C22H23N3O3S. The normalized spacial score (nSPS) is 14.8. The van der Waals surface area contributed by atoms with E-state index in [1.165, 1.54) is 11.8 Å². The van der Waals surface area contributed by atoms with Crippen LogP contribution in [0, 0.1) is 0 Å². The Bertz CT molecular complexity index is 1040. The summed E-state index contributed by atoms with van der Waals surface area (Å²) in [6, 6.07) is 17.4. The van der Waals surface area contributed by atoms with Crippen LogP contribution >= 0.6 is 11.8 Å². The van der Waals surface area contributed by atoms with Crippen LogP contribution < -0.4 is 16.2 Å². The Labute approximate surface area is 173 Å². The van der Waals surface area contributed by atoms with Gasteiger partial charge in [0.2, 0.25) is 11.5 Å². The fourth-order valence-corrected chi connectivity index (χ4v) is 4.31. The molecule has 0 radical (unpaired) electrons. The first-order valence-electron chi connectivity index (χ1n) is 9.68. The third-order valence-electron chi connectivity index (χ3n) is 4.85. The summed E-state index contributed by atoms with van der Waals surface area (Å²) in [5.74, 6) is -0.0579. The van der Waals surface area contributed by atoms with Crippen LogP contribution in [0.25, 0.3) is 10.9 Å². The van der Waals surface area contributed by atoms with E-state index >= 15 is 0 Å². The minimum atomic E-state index is -0.118. The minimum Gasteiger partial charge on any atom is -0.381 e. The fourth-order valence-electron chi connectivity index (χ4n) is 3.33. The lowest BCUT2D eigenvalue weighted by Crippen LogP contribution is -2.39. The van der Waals surface area contributed by atoms with Gasteiger partial charge in [-0.15, -0.1) is 0 Å². The summed E-state index contributed by atoms with van der Waals surface area (Å²) in [5, 5.41) is 7.20. The Kier molecular flexibility index (Phi) is 6.29. The second-order valence-electron chi connectivity index (χ2n) is 6.99. The zero-order chi connectivity index (χ0) is 20.1. The topological polar surface area (TPSA) is 83.2 Å². The molecule has 6 nitrogen and oxygen atoms in total. The smallest absolute Gasteiger partial charge is 0.249 e. The van der Waals surface area contributed by atoms with Crippen molar-refractivity contribution >= 4 is 34.3 Å². The Morgan fingerprint density at radius 1 is 1.10 bits per heavy atom. The summed E-state index contributed by atoms with van der Waals surface area (Å²) in [6.07, 6.45) is 1.88. The number of anilines is 1. The molecule has 0 spiro atoms. The molecule has 1 aliphatic heterocycles. The van der Waals surface area contributed by atoms with Gasteiger partial charge < -0.3 is 20.4 Å². The lowest BCUT2D eigenvalue weighted by molar-refractivity contribution is -0.115. The standard InChI is InChI=1S/C22H23N3O3S/c26-21-13-20(18-3-1-2-4-19(18)25-21)29-17-7-5-16(6-8-17)24-22(27)14-23-15-9-11-28-12-10-15/h1-8,13,15,23H,9-12,14H2,(H,24,27)(H,25,26). The van der Waals surface area contributed by atoms with Crippen molar-refractivity contribution < 1.29 is 9.53 Å². The molecule has 1 saturated heterocycles. The Morgan fingerprint density at radius 3 is 2.66 bits per heavy atom. The van der Waals surface area contributed by atoms with E-state index in [-0.39, 0.29) is 11.5 Å². The van der Waals surface area contributed by atoms with Gasteiger partial charge in [-0.05, 0) is 43.2 Å². The zero-order valence-electron chi connectivity index (χ0n) is 15.9. The van der Waals surface area contributed by atoms with E-state index in [0.29, 0.717) is 12.6 Å². The first-order valence-corrected chi connectivity index (χ1v) is 10.5. The molecule has 3 N–H and O–H groups in total. The van der Waals surface area contributed by atoms with E-state index in [2.05, 4.69) is 15.6 Å². The molecule has 7 heteroatoms. The van der Waals surface area contributed by atoms with Crippen molar-refractivity contribution in [2.24, 2.45) is 0 Å². The van der Waals surface area contributed by atoms with Crippen molar-refractivity contribution in [3.8, 4) is 0 Å². The van der Waals surface area contributed by atoms with Crippen molar-refractivity contribution in [3.63, 3.8) is 0 Å². The largest absolute Gasteiger partial charge is 0.381 e. The second-order valence-corrected chi connectivity index (χ2v) is 8.10. The van der Waals surface area contributed by atoms with Gasteiger partial charge in [-0.2, -0.15) is 0 Å². The number of carbonyl (C=O) groups excluding carboxylic acids is 1. The number of benzene rings is 2. The lowest BCUT2D eigenvalue weighted by Gasteiger charge is -2.22. The quantitative estimate of drug-likeness (QED) is 0.581. The summed E-state index contributed by atoms with van der Waals surface area (Å²) in [7, 11) is 0. The van der Waals surface area contributed by atoms with Gasteiger partial charge in [-0.1, -0.05) is 30.0 Å². The molecule has 2 heterocycles. The maximum Gasteiger partial charge on any atom is 0.249 e. The van der Waals surface area contributed by atoms with Gasteiger partial charge in [0.05, 0.1) is 6.54 Å². The predicted molar refractivity (Wildman–Crippen MR) is 116 cm³/mol. The summed E-state index contributed by atoms with van der Waals surface area (Å²) >= 11 is 1.53. The Hall–Kier alpha value is -2.61. The number of aromatic amines is 1. The predicted octanol–water partition coefficient (Wildman–Crippen LogP) is 3.39. The monoisotopic (exact) mass is 409 g/mol. The summed E-state index contributed by atoms with van der Waals surface area (Å²) < 4.78 is 5.32. The highest BCUT2D eigenvalue weighted by Crippen LogP contribution is 2.32. The van der Waals surface area contributed by atoms with Crippen LogP contribution in [0.1, 0.15) is 12.8 Å². The van der Waals surface area contributed by atoms with Gasteiger partial charge >= 0.3 is 0 Å². The molecule has 1 fully saturated rings. The van der Waals surface area contributed by atoms with Gasteiger partial charge in [0.1, 0.15) is 0 Å². The van der Waals surface area contributed by atoms with Gasteiger partial charge in [0, 0.05) is 51.7 Å². The lowest BCUT2D eigenvalue weighted by atomic mass is 10.1. The number of ether oxygens (including phenoxy) is 1. The SMILES string of the molecule is O=C(CNC1CCOCC1)Nc1ccc(Sc2cc(=O)[nH]c3ccccc23)cc1. The molecule has 150 valence electrons. The van der Waals surface area contributed by atoms with Gasteiger partial charge in [0.25, 0.3) is 0 Å². The van der Waals surface area contributed by atoms with Crippen LogP contribution in [-0.2, 0) is 9.53 Å². The number of amides is 1. The number of hydrogen-bond donors (Lipinski definition) is 3. The Morgan fingerprint density at radius 2 is 1.86 bits per heavy atom. The van der Waals surface area contributed by atoms with Crippen molar-refractivity contribution in [2.75, 3.05) is 25.1 Å². The van der Waals surface area contributed by atoms with E-state index in [1.807, 2.05) is 48.5 Å². The number of para-hydroxylation sites is 1. The number of carbonyl (C=O) groups is 1. The highest BCUT2D eigenvalue weighted by atomic mass is 32.2. The number of pyridine rings is 1. The van der Waals surface area contributed by atoms with Crippen LogP contribution in [-0.4, -0.2) is 36.7 Å². The highest BCUT2D eigenvalue weighted by molar-refractivity contribution is 7.99. The number of hydrogen-bond acceptors (Lipinski definition) is 5. The van der Waals surface area contributed by atoms with E-state index in [4.69, 9.17) is 4.74 Å². The molecule has 1 aliphatic rings. The minimum absolute atomic E-state index is 0.0579. The average molecular weight is 410 g/mol. The molecule has 0 saturated carbocycles. The van der Waals surface area contributed by atoms with E-state index < -0.39 is 0 Å². The van der Waals surface area contributed by atoms with Gasteiger partial charge in [0.15, 0.2) is 0 Å². The van der Waals surface area contributed by atoms with Crippen molar-refractivity contribution in [1.82, 2.24) is 10.3 Å². The first kappa shape index (κ1) is 19.7. The molecule has 1 amide bonds. The summed E-state index contributed by atoms with van der Waals surface area (Å²) in [6.45, 7) is 1.79. The van der Waals surface area contributed by atoms with Crippen LogP contribution in [0.15, 0.2) is 69.2 Å². The molecule has 0 bridgehead atoms.